The van der Waals surface area contributed by atoms with E-state index in [0.29, 0.717) is 0 Å². The molecule has 1 heterocycles. The molecular formula is C6H12O4. The summed E-state index contributed by atoms with van der Waals surface area (Å²) in [6, 6.07) is 0. The predicted molar refractivity (Wildman–Crippen MR) is 33.5 cm³/mol. The van der Waals surface area contributed by atoms with Crippen LogP contribution in [0.1, 0.15) is 7.79 Å². The minimum atomic E-state index is -1.07. The Morgan fingerprint density at radius 2 is 2.30 bits per heavy atom. The van der Waals surface area contributed by atoms with Gasteiger partial charge in [0, 0.05) is 6.58 Å². The predicted octanol–water partition coefficient (Wildman–Crippen LogP) is -1.51. The average molecular weight is 149 g/mol. The zero-order valence-corrected chi connectivity index (χ0v) is 5.47. The van der Waals surface area contributed by atoms with Gasteiger partial charge in [-0.15, -0.1) is 0 Å². The highest BCUT2D eigenvalue weighted by molar-refractivity contribution is 4.79. The first-order chi connectivity index (χ1) is 5.15. The Kier molecular flexibility index (Phi) is 2.16. The molecule has 4 atom stereocenters. The molecule has 0 amide bonds. The van der Waals surface area contributed by atoms with E-state index in [1.807, 2.05) is 0 Å². The fourth-order valence-corrected chi connectivity index (χ4v) is 0.896. The summed E-state index contributed by atoms with van der Waals surface area (Å²) in [6.07, 6.45) is -2.75. The van der Waals surface area contributed by atoms with Gasteiger partial charge in [0.15, 0.2) is 0 Å². The Morgan fingerprint density at radius 3 is 2.90 bits per heavy atom. The highest BCUT2D eigenvalue weighted by Gasteiger charge is 2.30. The maximum Gasteiger partial charge on any atom is 0.109 e. The molecule has 1 rings (SSSR count). The molecule has 60 valence electrons. The van der Waals surface area contributed by atoms with Crippen LogP contribution in [0.25, 0.3) is 0 Å². The summed E-state index contributed by atoms with van der Waals surface area (Å²) in [6.45, 7) is -1.21. The summed E-state index contributed by atoms with van der Waals surface area (Å²) in [5, 5.41) is 26.8. The van der Waals surface area contributed by atoms with Crippen LogP contribution in [0.15, 0.2) is 0 Å². The van der Waals surface area contributed by atoms with Gasteiger partial charge in [0.05, 0.1) is 14.1 Å². The maximum atomic E-state index is 9.14. The SMILES string of the molecule is [2H]C1C[C@H](O)[C@H](O)[C@@H](CO)O1. The fraction of sp³-hybridized carbons (Fsp3) is 1.00. The molecule has 0 spiro atoms. The summed E-state index contributed by atoms with van der Waals surface area (Å²) in [7, 11) is 0. The number of hydrogen-bond donors (Lipinski definition) is 3. The monoisotopic (exact) mass is 149 g/mol. The number of aliphatic hydroxyl groups excluding tert-OH is 3. The van der Waals surface area contributed by atoms with Crippen LogP contribution in [0.4, 0.5) is 0 Å². The van der Waals surface area contributed by atoms with Crippen molar-refractivity contribution in [1.82, 2.24) is 0 Å². The largest absolute Gasteiger partial charge is 0.394 e. The standard InChI is InChI=1S/C6H12O4/c7-3-5-6(9)4(8)1-2-10-5/h4-9H,1-3H2/t4-,5+,6-/m0/s1/i2D/t2?,4-,5+,6-. The van der Waals surface area contributed by atoms with E-state index in [-0.39, 0.29) is 13.0 Å². The van der Waals surface area contributed by atoms with Crippen molar-refractivity contribution < 1.29 is 21.4 Å². The number of hydrogen-bond acceptors (Lipinski definition) is 4. The molecule has 0 aromatic carbocycles. The number of rotatable bonds is 1. The van der Waals surface area contributed by atoms with Crippen molar-refractivity contribution >= 4 is 0 Å². The smallest absolute Gasteiger partial charge is 0.109 e. The molecule has 1 aliphatic rings. The van der Waals surface area contributed by atoms with Gasteiger partial charge in [0.2, 0.25) is 0 Å². The van der Waals surface area contributed by atoms with E-state index in [2.05, 4.69) is 0 Å². The zero-order valence-electron chi connectivity index (χ0n) is 6.47. The lowest BCUT2D eigenvalue weighted by molar-refractivity contribution is -0.147. The maximum absolute atomic E-state index is 9.14. The van der Waals surface area contributed by atoms with Crippen molar-refractivity contribution in [3.8, 4) is 0 Å². The summed E-state index contributed by atoms with van der Waals surface area (Å²) in [5.41, 5.74) is 0. The van der Waals surface area contributed by atoms with Crippen LogP contribution in [0.5, 0.6) is 0 Å². The van der Waals surface area contributed by atoms with Gasteiger partial charge in [0.1, 0.15) is 12.2 Å². The van der Waals surface area contributed by atoms with Crippen molar-refractivity contribution in [2.45, 2.75) is 24.7 Å². The van der Waals surface area contributed by atoms with Gasteiger partial charge in [0.25, 0.3) is 0 Å². The normalized spacial score (nSPS) is 50.5. The molecule has 0 bridgehead atoms. The summed E-state index contributed by atoms with van der Waals surface area (Å²) in [4.78, 5) is 0. The van der Waals surface area contributed by atoms with Gasteiger partial charge < -0.3 is 20.1 Å². The first kappa shape index (κ1) is 6.54. The topological polar surface area (TPSA) is 69.9 Å². The van der Waals surface area contributed by atoms with Gasteiger partial charge in [-0.2, -0.15) is 0 Å². The van der Waals surface area contributed by atoms with E-state index in [1.165, 1.54) is 0 Å². The molecule has 0 aliphatic carbocycles. The van der Waals surface area contributed by atoms with Gasteiger partial charge >= 0.3 is 0 Å². The molecule has 1 fully saturated rings. The molecule has 1 saturated heterocycles. The third-order valence-electron chi connectivity index (χ3n) is 1.56. The van der Waals surface area contributed by atoms with Crippen molar-refractivity contribution in [2.24, 2.45) is 0 Å². The highest BCUT2D eigenvalue weighted by Crippen LogP contribution is 2.13. The van der Waals surface area contributed by atoms with Crippen molar-refractivity contribution in [3.63, 3.8) is 0 Å². The second kappa shape index (κ2) is 3.30. The first-order valence-corrected chi connectivity index (χ1v) is 3.20. The van der Waals surface area contributed by atoms with Crippen LogP contribution in [0.2, 0.25) is 0 Å². The van der Waals surface area contributed by atoms with E-state index in [1.54, 1.807) is 0 Å². The Morgan fingerprint density at radius 1 is 1.60 bits per heavy atom. The van der Waals surface area contributed by atoms with Gasteiger partial charge in [-0.25, -0.2) is 0 Å². The van der Waals surface area contributed by atoms with Gasteiger partial charge in [-0.3, -0.25) is 0 Å². The molecule has 4 heteroatoms. The first-order valence-electron chi connectivity index (χ1n) is 3.77. The Balaban J connectivity index is 2.51. The van der Waals surface area contributed by atoms with Crippen molar-refractivity contribution in [2.75, 3.05) is 13.2 Å². The molecule has 0 aromatic heterocycles. The van der Waals surface area contributed by atoms with Crippen molar-refractivity contribution in [1.29, 1.82) is 0 Å². The number of aliphatic hydroxyl groups is 3. The third-order valence-corrected chi connectivity index (χ3v) is 1.56. The third kappa shape index (κ3) is 1.46. The highest BCUT2D eigenvalue weighted by atomic mass is 16.5. The van der Waals surface area contributed by atoms with E-state index >= 15 is 0 Å². The summed E-state index contributed by atoms with van der Waals surface area (Å²) >= 11 is 0. The Bertz CT molecular complexity index is 132. The minimum Gasteiger partial charge on any atom is -0.394 e. The molecule has 1 unspecified atom stereocenters. The lowest BCUT2D eigenvalue weighted by Gasteiger charge is -2.30. The Labute approximate surface area is 60.5 Å². The minimum absolute atomic E-state index is 0.0949. The zero-order chi connectivity index (χ0) is 8.43. The molecule has 10 heavy (non-hydrogen) atoms. The van der Waals surface area contributed by atoms with Crippen LogP contribution >= 0.6 is 0 Å². The molecule has 0 aromatic rings. The second-order valence-corrected chi connectivity index (χ2v) is 2.32. The molecule has 3 N–H and O–H groups in total. The average Bonchev–Trinajstić information content (AvgIpc) is 1.96. The second-order valence-electron chi connectivity index (χ2n) is 2.32. The number of ether oxygens (including phenoxy) is 1. The van der Waals surface area contributed by atoms with Crippen molar-refractivity contribution in [3.05, 3.63) is 0 Å². The molecule has 1 aliphatic heterocycles. The summed E-state index contributed by atoms with van der Waals surface area (Å²) in [5.74, 6) is 0. The van der Waals surface area contributed by atoms with Crippen LogP contribution in [0.3, 0.4) is 0 Å². The lowest BCUT2D eigenvalue weighted by Crippen LogP contribution is -2.46. The van der Waals surface area contributed by atoms with E-state index in [9.17, 15) is 0 Å². The fourth-order valence-electron chi connectivity index (χ4n) is 0.896. The van der Waals surface area contributed by atoms with Crippen LogP contribution in [-0.2, 0) is 4.74 Å². The molecular weight excluding hydrogens is 136 g/mol. The quantitative estimate of drug-likeness (QED) is 0.424. The Hall–Kier alpha value is -0.160. The van der Waals surface area contributed by atoms with Crippen LogP contribution < -0.4 is 0 Å². The summed E-state index contributed by atoms with van der Waals surface area (Å²) < 4.78 is 11.9. The van der Waals surface area contributed by atoms with E-state index in [0.717, 1.165) is 0 Å². The molecule has 0 radical (unpaired) electrons. The lowest BCUT2D eigenvalue weighted by atomic mass is 10.0. The van der Waals surface area contributed by atoms with Crippen LogP contribution in [-0.4, -0.2) is 46.8 Å². The van der Waals surface area contributed by atoms with E-state index in [4.69, 9.17) is 21.4 Å². The van der Waals surface area contributed by atoms with Crippen LogP contribution in [0, 0.1) is 0 Å². The van der Waals surface area contributed by atoms with Gasteiger partial charge in [-0.05, 0) is 6.42 Å². The van der Waals surface area contributed by atoms with E-state index < -0.39 is 24.9 Å². The molecule has 4 nitrogen and oxygen atoms in total. The van der Waals surface area contributed by atoms with Gasteiger partial charge in [-0.1, -0.05) is 0 Å². The molecule has 0 saturated carbocycles.